The van der Waals surface area contributed by atoms with Gasteiger partial charge in [0, 0.05) is 23.5 Å². The van der Waals surface area contributed by atoms with Crippen LogP contribution in [-0.4, -0.2) is 28.3 Å². The van der Waals surface area contributed by atoms with Gasteiger partial charge in [0.1, 0.15) is 0 Å². The Morgan fingerprint density at radius 1 is 0.926 bits per heavy atom. The van der Waals surface area contributed by atoms with Gasteiger partial charge < -0.3 is 4.74 Å². The molecule has 0 aliphatic rings. The summed E-state index contributed by atoms with van der Waals surface area (Å²) >= 11 is 0. The van der Waals surface area contributed by atoms with Crippen molar-refractivity contribution in [3.63, 3.8) is 0 Å². The highest BCUT2D eigenvalue weighted by Gasteiger charge is 2.40. The van der Waals surface area contributed by atoms with E-state index in [0.29, 0.717) is 11.5 Å². The first-order chi connectivity index (χ1) is 13.1. The maximum Gasteiger partial charge on any atom is 0.341 e. The zero-order chi connectivity index (χ0) is 19.1. The summed E-state index contributed by atoms with van der Waals surface area (Å²) < 4.78 is 5.31. The van der Waals surface area contributed by atoms with Crippen LogP contribution in [-0.2, 0) is 15.1 Å². The monoisotopic (exact) mass is 359 g/mol. The van der Waals surface area contributed by atoms with Gasteiger partial charge in [0.15, 0.2) is 5.82 Å². The molecular weight excluding hydrogens is 338 g/mol. The Kier molecular flexibility index (Phi) is 5.71. The maximum absolute atomic E-state index is 12.9. The highest BCUT2D eigenvalue weighted by atomic mass is 16.5. The fourth-order valence-corrected chi connectivity index (χ4v) is 2.72. The molecule has 0 bridgehead atoms. The predicted molar refractivity (Wildman–Crippen MR) is 105 cm³/mol. The van der Waals surface area contributed by atoms with Gasteiger partial charge in [-0.3, -0.25) is 4.99 Å². The molecule has 0 aliphatic heterocycles. The van der Waals surface area contributed by atoms with Gasteiger partial charge in [-0.2, -0.15) is 0 Å². The summed E-state index contributed by atoms with van der Waals surface area (Å²) in [4.78, 5) is 26.3. The summed E-state index contributed by atoms with van der Waals surface area (Å²) in [6.45, 7) is 3.71. The molecule has 1 atom stereocenters. The largest absolute Gasteiger partial charge is 0.464 e. The van der Waals surface area contributed by atoms with Crippen LogP contribution in [0.3, 0.4) is 0 Å². The van der Waals surface area contributed by atoms with Gasteiger partial charge in [-0.05, 0) is 19.9 Å². The van der Waals surface area contributed by atoms with Crippen molar-refractivity contribution in [3.05, 3.63) is 96.1 Å². The number of rotatable bonds is 6. The molecule has 0 fully saturated rings. The topological polar surface area (TPSA) is 64.4 Å². The first-order valence-corrected chi connectivity index (χ1v) is 8.80. The molecule has 0 unspecified atom stereocenters. The summed E-state index contributed by atoms with van der Waals surface area (Å²) in [5.41, 5.74) is 1.11. The third-order valence-corrected chi connectivity index (χ3v) is 4.10. The van der Waals surface area contributed by atoms with E-state index in [1.807, 2.05) is 60.7 Å². The van der Waals surface area contributed by atoms with Crippen LogP contribution in [0.1, 0.15) is 30.8 Å². The Hall–Kier alpha value is -3.34. The van der Waals surface area contributed by atoms with E-state index in [-0.39, 0.29) is 6.61 Å². The minimum absolute atomic E-state index is 0.253. The average molecular weight is 359 g/mol. The number of aromatic nitrogens is 2. The van der Waals surface area contributed by atoms with Crippen molar-refractivity contribution in [2.45, 2.75) is 19.4 Å². The van der Waals surface area contributed by atoms with Crippen molar-refractivity contribution in [2.24, 2.45) is 4.99 Å². The fraction of sp³-hybridized carbons (Fsp3) is 0.182. The first-order valence-electron chi connectivity index (χ1n) is 8.80. The van der Waals surface area contributed by atoms with Crippen molar-refractivity contribution in [3.8, 4) is 0 Å². The molecule has 0 amide bonds. The number of benzene rings is 2. The SMILES string of the molecule is CCOC(=O)[C@](C)(N=C(c1ccccc1)c1ccccc1)c1ncccn1. The third-order valence-electron chi connectivity index (χ3n) is 4.10. The molecule has 5 heteroatoms. The van der Waals surface area contributed by atoms with E-state index in [1.165, 1.54) is 0 Å². The summed E-state index contributed by atoms with van der Waals surface area (Å²) in [7, 11) is 0. The molecule has 5 nitrogen and oxygen atoms in total. The second kappa shape index (κ2) is 8.36. The molecule has 2 aromatic carbocycles. The molecule has 1 aromatic heterocycles. The quantitative estimate of drug-likeness (QED) is 0.496. The predicted octanol–water partition coefficient (Wildman–Crippen LogP) is 3.79. The third kappa shape index (κ3) is 4.08. The van der Waals surface area contributed by atoms with Crippen molar-refractivity contribution >= 4 is 11.7 Å². The Morgan fingerprint density at radius 2 is 1.44 bits per heavy atom. The Bertz CT molecular complexity index is 871. The fourth-order valence-electron chi connectivity index (χ4n) is 2.72. The van der Waals surface area contributed by atoms with Crippen LogP contribution < -0.4 is 0 Å². The minimum Gasteiger partial charge on any atom is -0.464 e. The van der Waals surface area contributed by atoms with Crippen molar-refractivity contribution in [1.29, 1.82) is 0 Å². The number of aliphatic imine (C=N–C) groups is 1. The van der Waals surface area contributed by atoms with Crippen molar-refractivity contribution in [1.82, 2.24) is 9.97 Å². The standard InChI is InChI=1S/C22H21N3O2/c1-3-27-21(26)22(2,20-23-15-10-16-24-20)25-19(17-11-6-4-7-12-17)18-13-8-5-9-14-18/h4-16H,3H2,1-2H3/t22-/m1/s1. The number of nitrogens with zero attached hydrogens (tertiary/aromatic N) is 3. The Labute approximate surface area is 158 Å². The lowest BCUT2D eigenvalue weighted by molar-refractivity contribution is -0.149. The number of carbonyl (C=O) groups excluding carboxylic acids is 1. The molecule has 3 rings (SSSR count). The zero-order valence-electron chi connectivity index (χ0n) is 15.4. The lowest BCUT2D eigenvalue weighted by Gasteiger charge is -2.23. The van der Waals surface area contributed by atoms with Crippen LogP contribution in [0.25, 0.3) is 0 Å². The lowest BCUT2D eigenvalue weighted by atomic mass is 9.97. The molecule has 0 spiro atoms. The van der Waals surface area contributed by atoms with Crippen molar-refractivity contribution < 1.29 is 9.53 Å². The Balaban J connectivity index is 2.22. The molecule has 0 radical (unpaired) electrons. The first kappa shape index (κ1) is 18.5. The molecule has 27 heavy (non-hydrogen) atoms. The van der Waals surface area contributed by atoms with Crippen LogP contribution in [0.5, 0.6) is 0 Å². The van der Waals surface area contributed by atoms with E-state index in [2.05, 4.69) is 9.97 Å². The van der Waals surface area contributed by atoms with E-state index >= 15 is 0 Å². The average Bonchev–Trinajstić information content (AvgIpc) is 2.74. The van der Waals surface area contributed by atoms with Crippen LogP contribution in [0, 0.1) is 0 Å². The molecule has 0 aliphatic carbocycles. The van der Waals surface area contributed by atoms with Crippen LogP contribution in [0.2, 0.25) is 0 Å². The normalized spacial score (nSPS) is 12.7. The van der Waals surface area contributed by atoms with Gasteiger partial charge in [0.25, 0.3) is 0 Å². The number of carbonyl (C=O) groups is 1. The van der Waals surface area contributed by atoms with E-state index < -0.39 is 11.5 Å². The highest BCUT2D eigenvalue weighted by molar-refractivity contribution is 6.13. The van der Waals surface area contributed by atoms with Crippen molar-refractivity contribution in [2.75, 3.05) is 6.61 Å². The second-order valence-corrected chi connectivity index (χ2v) is 6.06. The summed E-state index contributed by atoms with van der Waals surface area (Å²) in [5, 5.41) is 0. The molecule has 3 aromatic rings. The maximum atomic E-state index is 12.9. The molecular formula is C22H21N3O2. The lowest BCUT2D eigenvalue weighted by Crippen LogP contribution is -2.36. The van der Waals surface area contributed by atoms with Crippen LogP contribution >= 0.6 is 0 Å². The molecule has 1 heterocycles. The highest BCUT2D eigenvalue weighted by Crippen LogP contribution is 2.27. The van der Waals surface area contributed by atoms with Crippen LogP contribution in [0.15, 0.2) is 84.1 Å². The number of hydrogen-bond donors (Lipinski definition) is 0. The second-order valence-electron chi connectivity index (χ2n) is 6.06. The van der Waals surface area contributed by atoms with Crippen LogP contribution in [0.4, 0.5) is 0 Å². The van der Waals surface area contributed by atoms with Gasteiger partial charge in [0.05, 0.1) is 12.3 Å². The van der Waals surface area contributed by atoms with E-state index in [4.69, 9.17) is 9.73 Å². The summed E-state index contributed by atoms with van der Waals surface area (Å²) in [6, 6.07) is 21.2. The van der Waals surface area contributed by atoms with Gasteiger partial charge in [-0.25, -0.2) is 14.8 Å². The number of ether oxygens (including phenoxy) is 1. The smallest absolute Gasteiger partial charge is 0.341 e. The van der Waals surface area contributed by atoms with E-state index in [1.54, 1.807) is 32.3 Å². The molecule has 136 valence electrons. The van der Waals surface area contributed by atoms with Gasteiger partial charge >= 0.3 is 5.97 Å². The molecule has 0 saturated carbocycles. The number of hydrogen-bond acceptors (Lipinski definition) is 5. The van der Waals surface area contributed by atoms with Gasteiger partial charge in [-0.1, -0.05) is 60.7 Å². The number of esters is 1. The zero-order valence-corrected chi connectivity index (χ0v) is 15.4. The summed E-state index contributed by atoms with van der Waals surface area (Å²) in [5.74, 6) is -0.187. The summed E-state index contributed by atoms with van der Waals surface area (Å²) in [6.07, 6.45) is 3.19. The van der Waals surface area contributed by atoms with E-state index in [9.17, 15) is 4.79 Å². The molecule has 0 saturated heterocycles. The van der Waals surface area contributed by atoms with E-state index in [0.717, 1.165) is 11.1 Å². The Morgan fingerprint density at radius 3 is 1.93 bits per heavy atom. The molecule has 0 N–H and O–H groups in total. The minimum atomic E-state index is -1.36. The van der Waals surface area contributed by atoms with Gasteiger partial charge in [0.2, 0.25) is 5.54 Å². The van der Waals surface area contributed by atoms with Gasteiger partial charge in [-0.15, -0.1) is 0 Å².